The van der Waals surface area contributed by atoms with Crippen molar-refractivity contribution < 1.29 is 19.4 Å². The average molecular weight is 476 g/mol. The van der Waals surface area contributed by atoms with Gasteiger partial charge in [-0.25, -0.2) is 0 Å². The molecular weight excluding hydrogens is 461 g/mol. The molecule has 0 unspecified atom stereocenters. The Bertz CT molecular complexity index is 878. The van der Waals surface area contributed by atoms with Crippen LogP contribution in [0.3, 0.4) is 0 Å². The summed E-state index contributed by atoms with van der Waals surface area (Å²) < 4.78 is 3.40. The maximum atomic E-state index is 12.1. The lowest BCUT2D eigenvalue weighted by molar-refractivity contribution is -0.255. The summed E-state index contributed by atoms with van der Waals surface area (Å²) in [5, 5.41) is 18.8. The molecule has 0 aromatic heterocycles. The van der Waals surface area contributed by atoms with Crippen LogP contribution in [0.25, 0.3) is 0 Å². The first-order valence-corrected chi connectivity index (χ1v) is 9.62. The number of thiocarbonyl (C=S) groups is 1. The summed E-state index contributed by atoms with van der Waals surface area (Å²) in [6, 6.07) is 14.5. The maximum absolute atomic E-state index is 12.1. The molecule has 1 amide bonds. The molecule has 0 aliphatic carbocycles. The molecule has 1 atom stereocenters. The minimum absolute atomic E-state index is 0.0129. The van der Waals surface area contributed by atoms with E-state index in [0.717, 1.165) is 0 Å². The number of ether oxygens (including phenoxy) is 1. The number of alkyl halides is 3. The Morgan fingerprint density at radius 3 is 2.38 bits per heavy atom. The van der Waals surface area contributed by atoms with Gasteiger partial charge in [-0.05, 0) is 42.0 Å². The van der Waals surface area contributed by atoms with Crippen molar-refractivity contribution in [2.24, 2.45) is 0 Å². The van der Waals surface area contributed by atoms with Gasteiger partial charge >= 0.3 is 0 Å². The molecule has 0 aliphatic rings. The number of halogens is 3. The number of amides is 1. The number of benzene rings is 2. The van der Waals surface area contributed by atoms with Crippen molar-refractivity contribution in [1.29, 1.82) is 0 Å². The van der Waals surface area contributed by atoms with Gasteiger partial charge < -0.3 is 30.6 Å². The van der Waals surface area contributed by atoms with Gasteiger partial charge in [-0.15, -0.1) is 0 Å². The highest BCUT2D eigenvalue weighted by atomic mass is 35.6. The second-order valence-electron chi connectivity index (χ2n) is 5.61. The van der Waals surface area contributed by atoms with Crippen LogP contribution >= 0.6 is 47.0 Å². The smallest absolute Gasteiger partial charge is 0.259 e. The highest BCUT2D eigenvalue weighted by Crippen LogP contribution is 2.29. The molecule has 7 nitrogen and oxygen atoms in total. The molecule has 0 heterocycles. The summed E-state index contributed by atoms with van der Waals surface area (Å²) in [7, 11) is 0. The monoisotopic (exact) mass is 474 g/mol. The first-order chi connectivity index (χ1) is 13.6. The van der Waals surface area contributed by atoms with Crippen molar-refractivity contribution in [1.82, 2.24) is 10.6 Å². The van der Waals surface area contributed by atoms with Gasteiger partial charge in [-0.1, -0.05) is 65.1 Å². The van der Waals surface area contributed by atoms with Crippen molar-refractivity contribution in [2.45, 2.75) is 9.96 Å². The van der Waals surface area contributed by atoms with Gasteiger partial charge in [-0.3, -0.25) is 4.79 Å². The van der Waals surface area contributed by atoms with Crippen molar-refractivity contribution in [3.63, 3.8) is 0 Å². The molecule has 29 heavy (non-hydrogen) atoms. The summed E-state index contributed by atoms with van der Waals surface area (Å²) in [5.74, 6) is -1.39. The number of carbonyl (C=O) groups is 2. The third-order valence-corrected chi connectivity index (χ3v) is 4.25. The first-order valence-electron chi connectivity index (χ1n) is 8.08. The van der Waals surface area contributed by atoms with E-state index >= 15 is 0 Å². The topological polar surface area (TPSA) is 103 Å². The molecule has 0 bridgehead atoms. The Kier molecular flexibility index (Phi) is 8.33. The third kappa shape index (κ3) is 7.94. The largest absolute Gasteiger partial charge is 0.545 e. The number of anilines is 1. The zero-order chi connectivity index (χ0) is 21.4. The van der Waals surface area contributed by atoms with Gasteiger partial charge in [0.05, 0.1) is 5.97 Å². The van der Waals surface area contributed by atoms with Gasteiger partial charge in [0.2, 0.25) is 3.79 Å². The standard InChI is InChI=1S/C18H16Cl3N3O4S/c19-18(20,21)16(23-14(25)10-28-13-7-2-1-3-8-13)24-17(29)22-12-6-4-5-11(9-12)15(26)27/h1-9,16H,10H2,(H,23,25)(H,26,27)(H2,22,24,29)/p-1/t16-/m1/s1. The van der Waals surface area contributed by atoms with E-state index in [1.54, 1.807) is 30.3 Å². The second-order valence-corrected chi connectivity index (χ2v) is 8.39. The molecule has 0 spiro atoms. The number of carbonyl (C=O) groups excluding carboxylic acids is 2. The molecule has 0 fully saturated rings. The molecule has 154 valence electrons. The Hall–Kier alpha value is -2.26. The number of rotatable bonds is 7. The van der Waals surface area contributed by atoms with E-state index in [1.807, 2.05) is 6.07 Å². The highest BCUT2D eigenvalue weighted by molar-refractivity contribution is 7.80. The number of carboxylic acid groups (broad SMARTS) is 1. The van der Waals surface area contributed by atoms with E-state index in [1.165, 1.54) is 18.2 Å². The molecule has 0 saturated carbocycles. The Morgan fingerprint density at radius 1 is 1.07 bits per heavy atom. The van der Waals surface area contributed by atoms with Crippen molar-refractivity contribution in [3.8, 4) is 5.75 Å². The van der Waals surface area contributed by atoms with Crippen LogP contribution in [0, 0.1) is 0 Å². The lowest BCUT2D eigenvalue weighted by Gasteiger charge is -2.27. The van der Waals surface area contributed by atoms with Gasteiger partial charge in [0.1, 0.15) is 11.9 Å². The van der Waals surface area contributed by atoms with Crippen molar-refractivity contribution in [2.75, 3.05) is 11.9 Å². The van der Waals surface area contributed by atoms with E-state index in [4.69, 9.17) is 51.8 Å². The molecule has 11 heteroatoms. The molecule has 2 rings (SSSR count). The van der Waals surface area contributed by atoms with Crippen molar-refractivity contribution in [3.05, 3.63) is 60.2 Å². The van der Waals surface area contributed by atoms with E-state index in [-0.39, 0.29) is 17.3 Å². The Morgan fingerprint density at radius 2 is 1.76 bits per heavy atom. The van der Waals surface area contributed by atoms with Gasteiger partial charge in [0.15, 0.2) is 11.7 Å². The summed E-state index contributed by atoms with van der Waals surface area (Å²) in [4.78, 5) is 23.1. The first kappa shape index (κ1) is 23.0. The van der Waals surface area contributed by atoms with Crippen LogP contribution in [0.4, 0.5) is 5.69 Å². The van der Waals surface area contributed by atoms with Crippen LogP contribution in [0.2, 0.25) is 0 Å². The predicted octanol–water partition coefficient (Wildman–Crippen LogP) is 2.23. The Balaban J connectivity index is 1.95. The van der Waals surface area contributed by atoms with Crippen LogP contribution in [0.5, 0.6) is 5.75 Å². The number of aromatic carboxylic acids is 1. The van der Waals surface area contributed by atoms with Crippen LogP contribution < -0.4 is 25.8 Å². The minimum Gasteiger partial charge on any atom is -0.545 e. The zero-order valence-electron chi connectivity index (χ0n) is 14.7. The molecule has 0 saturated heterocycles. The molecule has 0 radical (unpaired) electrons. The predicted molar refractivity (Wildman–Crippen MR) is 114 cm³/mol. The molecule has 0 aliphatic heterocycles. The summed E-state index contributed by atoms with van der Waals surface area (Å²) in [6.07, 6.45) is -1.19. The van der Waals surface area contributed by atoms with E-state index in [0.29, 0.717) is 11.4 Å². The number of nitrogens with one attached hydrogen (secondary N) is 3. The molecule has 2 aromatic carbocycles. The van der Waals surface area contributed by atoms with Gasteiger partial charge in [0, 0.05) is 5.69 Å². The average Bonchev–Trinajstić information content (AvgIpc) is 2.66. The van der Waals surface area contributed by atoms with E-state index < -0.39 is 21.8 Å². The minimum atomic E-state index is -1.94. The van der Waals surface area contributed by atoms with Crippen LogP contribution in [0.1, 0.15) is 10.4 Å². The van der Waals surface area contributed by atoms with E-state index in [9.17, 15) is 14.7 Å². The van der Waals surface area contributed by atoms with E-state index in [2.05, 4.69) is 16.0 Å². The van der Waals surface area contributed by atoms with Gasteiger partial charge in [0.25, 0.3) is 5.91 Å². The van der Waals surface area contributed by atoms with Gasteiger partial charge in [-0.2, -0.15) is 0 Å². The lowest BCUT2D eigenvalue weighted by atomic mass is 10.2. The molecular formula is C18H15Cl3N3O4S-. The van der Waals surface area contributed by atoms with Crippen LogP contribution in [-0.2, 0) is 4.79 Å². The normalized spacial score (nSPS) is 11.8. The zero-order valence-corrected chi connectivity index (χ0v) is 17.7. The molecule has 2 aromatic rings. The number of carboxylic acids is 1. The number of hydrogen-bond donors (Lipinski definition) is 3. The number of para-hydroxylation sites is 1. The lowest BCUT2D eigenvalue weighted by Crippen LogP contribution is -2.56. The third-order valence-electron chi connectivity index (χ3n) is 3.38. The summed E-state index contributed by atoms with van der Waals surface area (Å²) in [6.45, 7) is -0.309. The van der Waals surface area contributed by atoms with Crippen LogP contribution in [0.15, 0.2) is 54.6 Å². The highest BCUT2D eigenvalue weighted by Gasteiger charge is 2.34. The SMILES string of the molecule is O=C(COc1ccccc1)N[C@H](NC(=S)Nc1cccc(C(=O)[O-])c1)C(Cl)(Cl)Cl. The summed E-state index contributed by atoms with van der Waals surface area (Å²) >= 11 is 22.9. The second kappa shape index (κ2) is 10.5. The van der Waals surface area contributed by atoms with Crippen molar-refractivity contribution >= 4 is 69.7 Å². The fraction of sp³-hybridized carbons (Fsp3) is 0.167. The van der Waals surface area contributed by atoms with Crippen LogP contribution in [-0.4, -0.2) is 33.6 Å². The Labute approximate surface area is 187 Å². The fourth-order valence-corrected chi connectivity index (χ4v) is 2.65. The fourth-order valence-electron chi connectivity index (χ4n) is 2.09. The maximum Gasteiger partial charge on any atom is 0.259 e. The summed E-state index contributed by atoms with van der Waals surface area (Å²) in [5.41, 5.74) is 0.327. The number of hydrogen-bond acceptors (Lipinski definition) is 5. The molecule has 3 N–H and O–H groups in total. The quantitative estimate of drug-likeness (QED) is 0.321.